The van der Waals surface area contributed by atoms with Crippen LogP contribution in [-0.2, 0) is 16.0 Å². The average Bonchev–Trinajstić information content (AvgIpc) is 2.67. The van der Waals surface area contributed by atoms with E-state index in [2.05, 4.69) is 25.2 Å². The van der Waals surface area contributed by atoms with Crippen molar-refractivity contribution >= 4 is 23.2 Å². The van der Waals surface area contributed by atoms with Crippen molar-refractivity contribution in [2.24, 2.45) is 0 Å². The number of carboxylic acids is 1. The molecule has 4 nitrogen and oxygen atoms in total. The molecular formula is C15H23NO3S. The number of hydrogen-bond acceptors (Lipinski definition) is 3. The van der Waals surface area contributed by atoms with E-state index in [1.165, 1.54) is 15.3 Å². The lowest BCUT2D eigenvalue weighted by Gasteiger charge is -2.04. The van der Waals surface area contributed by atoms with Crippen molar-refractivity contribution in [3.8, 4) is 0 Å². The number of rotatable bonds is 9. The molecule has 112 valence electrons. The van der Waals surface area contributed by atoms with Crippen molar-refractivity contribution in [2.75, 3.05) is 6.54 Å². The highest BCUT2D eigenvalue weighted by Crippen LogP contribution is 2.22. The summed E-state index contributed by atoms with van der Waals surface area (Å²) in [4.78, 5) is 24.6. The molecule has 2 N–H and O–H groups in total. The Morgan fingerprint density at radius 2 is 1.95 bits per heavy atom. The molecule has 0 aliphatic rings. The first-order valence-corrected chi connectivity index (χ1v) is 7.85. The predicted octanol–water partition coefficient (Wildman–Crippen LogP) is 3.06. The molecule has 5 heteroatoms. The molecule has 0 aromatic carbocycles. The minimum Gasteiger partial charge on any atom is -0.481 e. The number of carbonyl (C=O) groups is 2. The van der Waals surface area contributed by atoms with Gasteiger partial charge in [-0.15, -0.1) is 11.3 Å². The molecule has 0 fully saturated rings. The first-order chi connectivity index (χ1) is 9.49. The Hall–Kier alpha value is -1.36. The molecule has 1 aromatic heterocycles. The van der Waals surface area contributed by atoms with Crippen LogP contribution in [-0.4, -0.2) is 23.5 Å². The van der Waals surface area contributed by atoms with Crippen LogP contribution < -0.4 is 5.32 Å². The molecule has 0 bridgehead atoms. The number of amides is 1. The van der Waals surface area contributed by atoms with Crippen LogP contribution in [0.5, 0.6) is 0 Å². The Balaban J connectivity index is 2.08. The Kier molecular flexibility index (Phi) is 7.30. The number of thiophene rings is 1. The van der Waals surface area contributed by atoms with Gasteiger partial charge in [0.15, 0.2) is 0 Å². The molecule has 0 spiro atoms. The Morgan fingerprint density at radius 1 is 1.20 bits per heavy atom. The first kappa shape index (κ1) is 16.7. The lowest BCUT2D eigenvalue weighted by Crippen LogP contribution is -2.24. The van der Waals surface area contributed by atoms with Gasteiger partial charge in [0.25, 0.3) is 0 Å². The molecule has 1 heterocycles. The maximum atomic E-state index is 11.6. The zero-order chi connectivity index (χ0) is 15.0. The number of aliphatic carboxylic acids is 1. The molecule has 0 atom stereocenters. The van der Waals surface area contributed by atoms with Crippen LogP contribution in [0.3, 0.4) is 0 Å². The smallest absolute Gasteiger partial charge is 0.303 e. The van der Waals surface area contributed by atoms with Gasteiger partial charge < -0.3 is 10.4 Å². The van der Waals surface area contributed by atoms with Gasteiger partial charge in [-0.3, -0.25) is 9.59 Å². The highest BCUT2D eigenvalue weighted by Gasteiger charge is 2.05. The summed E-state index contributed by atoms with van der Waals surface area (Å²) in [7, 11) is 0. The zero-order valence-electron chi connectivity index (χ0n) is 12.2. The van der Waals surface area contributed by atoms with Gasteiger partial charge in [-0.25, -0.2) is 0 Å². The standard InChI is InChI=1S/C15H23NO3S/c1-11-10-13(12(2)20-11)6-5-7-14(17)16-9-4-3-8-15(18)19/h10H,3-9H2,1-2H3,(H,16,17)(H,18,19). The van der Waals surface area contributed by atoms with Crippen molar-refractivity contribution in [3.63, 3.8) is 0 Å². The van der Waals surface area contributed by atoms with Crippen LogP contribution in [0.25, 0.3) is 0 Å². The summed E-state index contributed by atoms with van der Waals surface area (Å²) in [5.41, 5.74) is 1.35. The Labute approximate surface area is 124 Å². The van der Waals surface area contributed by atoms with E-state index in [1.54, 1.807) is 11.3 Å². The van der Waals surface area contributed by atoms with Gasteiger partial charge in [0.1, 0.15) is 0 Å². The van der Waals surface area contributed by atoms with Crippen LogP contribution in [0, 0.1) is 13.8 Å². The van der Waals surface area contributed by atoms with Crippen LogP contribution in [0.15, 0.2) is 6.07 Å². The van der Waals surface area contributed by atoms with E-state index in [9.17, 15) is 9.59 Å². The molecule has 1 rings (SSSR count). The summed E-state index contributed by atoms with van der Waals surface area (Å²) >= 11 is 1.80. The van der Waals surface area contributed by atoms with Crippen molar-refractivity contribution < 1.29 is 14.7 Å². The minimum atomic E-state index is -0.780. The molecule has 1 amide bonds. The van der Waals surface area contributed by atoms with Gasteiger partial charge in [0, 0.05) is 29.1 Å². The molecular weight excluding hydrogens is 274 g/mol. The van der Waals surface area contributed by atoms with E-state index in [0.717, 1.165) is 19.3 Å². The third-order valence-corrected chi connectivity index (χ3v) is 4.14. The van der Waals surface area contributed by atoms with Gasteiger partial charge >= 0.3 is 5.97 Å². The molecule has 1 aromatic rings. The lowest BCUT2D eigenvalue weighted by molar-refractivity contribution is -0.137. The van der Waals surface area contributed by atoms with Crippen LogP contribution in [0.4, 0.5) is 0 Å². The van der Waals surface area contributed by atoms with E-state index in [0.29, 0.717) is 19.4 Å². The lowest BCUT2D eigenvalue weighted by atomic mass is 10.1. The van der Waals surface area contributed by atoms with Gasteiger partial charge in [-0.05, 0) is 51.2 Å². The number of carbonyl (C=O) groups excluding carboxylic acids is 1. The second kappa shape index (κ2) is 8.74. The molecule has 0 saturated heterocycles. The second-order valence-electron chi connectivity index (χ2n) is 4.99. The normalized spacial score (nSPS) is 10.5. The van der Waals surface area contributed by atoms with Crippen molar-refractivity contribution in [2.45, 2.75) is 52.4 Å². The summed E-state index contributed by atoms with van der Waals surface area (Å²) in [5.74, 6) is -0.720. The van der Waals surface area contributed by atoms with Crippen molar-refractivity contribution in [1.82, 2.24) is 5.32 Å². The van der Waals surface area contributed by atoms with E-state index < -0.39 is 5.97 Å². The highest BCUT2D eigenvalue weighted by molar-refractivity contribution is 7.12. The molecule has 20 heavy (non-hydrogen) atoms. The van der Waals surface area contributed by atoms with E-state index >= 15 is 0 Å². The zero-order valence-corrected chi connectivity index (χ0v) is 13.0. The fraction of sp³-hybridized carbons (Fsp3) is 0.600. The second-order valence-corrected chi connectivity index (χ2v) is 6.45. The summed E-state index contributed by atoms with van der Waals surface area (Å²) in [6.07, 6.45) is 3.85. The first-order valence-electron chi connectivity index (χ1n) is 7.03. The molecule has 0 radical (unpaired) electrons. The number of nitrogens with one attached hydrogen (secondary N) is 1. The van der Waals surface area contributed by atoms with Crippen LogP contribution in [0.2, 0.25) is 0 Å². The van der Waals surface area contributed by atoms with Crippen LogP contribution >= 0.6 is 11.3 Å². The monoisotopic (exact) mass is 297 g/mol. The van der Waals surface area contributed by atoms with Crippen LogP contribution in [0.1, 0.15) is 47.4 Å². The quantitative estimate of drug-likeness (QED) is 0.688. The van der Waals surface area contributed by atoms with E-state index in [1.807, 2.05) is 0 Å². The number of carboxylic acid groups (broad SMARTS) is 1. The summed E-state index contributed by atoms with van der Waals surface area (Å²) in [6, 6.07) is 2.20. The Bertz CT molecular complexity index is 454. The third-order valence-electron chi connectivity index (χ3n) is 3.13. The number of aryl methyl sites for hydroxylation is 3. The topological polar surface area (TPSA) is 66.4 Å². The van der Waals surface area contributed by atoms with Gasteiger partial charge in [0.2, 0.25) is 5.91 Å². The van der Waals surface area contributed by atoms with Gasteiger partial charge in [-0.1, -0.05) is 0 Å². The predicted molar refractivity (Wildman–Crippen MR) is 81.2 cm³/mol. The van der Waals surface area contributed by atoms with Crippen molar-refractivity contribution in [3.05, 3.63) is 21.4 Å². The van der Waals surface area contributed by atoms with Gasteiger partial charge in [0.05, 0.1) is 0 Å². The van der Waals surface area contributed by atoms with E-state index in [-0.39, 0.29) is 12.3 Å². The molecule has 0 unspecified atom stereocenters. The van der Waals surface area contributed by atoms with Crippen molar-refractivity contribution in [1.29, 1.82) is 0 Å². The number of hydrogen-bond donors (Lipinski definition) is 2. The minimum absolute atomic E-state index is 0.0601. The fourth-order valence-electron chi connectivity index (χ4n) is 2.09. The number of unbranched alkanes of at least 4 members (excludes halogenated alkanes) is 1. The maximum Gasteiger partial charge on any atom is 0.303 e. The fourth-order valence-corrected chi connectivity index (χ4v) is 3.06. The maximum absolute atomic E-state index is 11.6. The Morgan fingerprint density at radius 3 is 2.55 bits per heavy atom. The highest BCUT2D eigenvalue weighted by atomic mass is 32.1. The summed E-state index contributed by atoms with van der Waals surface area (Å²) in [5, 5.41) is 11.3. The molecule has 0 aliphatic heterocycles. The van der Waals surface area contributed by atoms with Gasteiger partial charge in [-0.2, -0.15) is 0 Å². The largest absolute Gasteiger partial charge is 0.481 e. The summed E-state index contributed by atoms with van der Waals surface area (Å²) in [6.45, 7) is 4.79. The molecule has 0 aliphatic carbocycles. The third kappa shape index (κ3) is 6.70. The van der Waals surface area contributed by atoms with E-state index in [4.69, 9.17) is 5.11 Å². The SMILES string of the molecule is Cc1cc(CCCC(=O)NCCCCC(=O)O)c(C)s1. The summed E-state index contributed by atoms with van der Waals surface area (Å²) < 4.78 is 0. The molecule has 0 saturated carbocycles. The average molecular weight is 297 g/mol.